The number of benzene rings is 1. The Hall–Kier alpha value is -2.91. The number of hydrogen-bond acceptors (Lipinski definition) is 5. The molecule has 1 aromatic carbocycles. The summed E-state index contributed by atoms with van der Waals surface area (Å²) in [4.78, 5) is 32.1. The highest BCUT2D eigenvalue weighted by Crippen LogP contribution is 2.25. The van der Waals surface area contributed by atoms with Crippen LogP contribution >= 0.6 is 0 Å². The van der Waals surface area contributed by atoms with Crippen molar-refractivity contribution < 1.29 is 14.3 Å². The normalized spacial score (nSPS) is 15.1. The van der Waals surface area contributed by atoms with Crippen molar-refractivity contribution in [1.82, 2.24) is 19.0 Å². The van der Waals surface area contributed by atoms with Crippen LogP contribution in [0.15, 0.2) is 53.5 Å². The van der Waals surface area contributed by atoms with E-state index in [1.54, 1.807) is 15.7 Å². The molecule has 0 spiro atoms. The number of carbonyl (C=O) groups is 1. The molecule has 8 nitrogen and oxygen atoms in total. The van der Waals surface area contributed by atoms with E-state index >= 15 is 0 Å². The summed E-state index contributed by atoms with van der Waals surface area (Å²) in [7, 11) is -1.20. The first-order valence-electron chi connectivity index (χ1n) is 11.9. The topological polar surface area (TPSA) is 78.6 Å². The van der Waals surface area contributed by atoms with Crippen LogP contribution in [0.25, 0.3) is 11.2 Å². The average Bonchev–Trinajstić information content (AvgIpc) is 3.11. The first-order valence-corrected chi connectivity index (χ1v) is 15.6. The maximum absolute atomic E-state index is 13.4. The summed E-state index contributed by atoms with van der Waals surface area (Å²) in [5.74, 6) is 0. The van der Waals surface area contributed by atoms with Crippen LogP contribution in [0.2, 0.25) is 25.7 Å². The van der Waals surface area contributed by atoms with E-state index < -0.39 is 8.07 Å². The molecule has 4 rings (SSSR count). The van der Waals surface area contributed by atoms with E-state index in [2.05, 4.69) is 24.6 Å². The van der Waals surface area contributed by atoms with Crippen molar-refractivity contribution in [2.24, 2.45) is 0 Å². The van der Waals surface area contributed by atoms with E-state index in [4.69, 9.17) is 9.47 Å². The zero-order valence-corrected chi connectivity index (χ0v) is 21.3. The van der Waals surface area contributed by atoms with Crippen LogP contribution in [0.1, 0.15) is 24.4 Å². The largest absolute Gasteiger partial charge is 0.445 e. The number of fused-ring (bicyclic) bond motifs is 1. The minimum Gasteiger partial charge on any atom is -0.445 e. The van der Waals surface area contributed by atoms with Gasteiger partial charge in [0.25, 0.3) is 0 Å². The highest BCUT2D eigenvalue weighted by Gasteiger charge is 2.28. The van der Waals surface area contributed by atoms with E-state index in [1.807, 2.05) is 47.0 Å². The van der Waals surface area contributed by atoms with Crippen molar-refractivity contribution in [3.63, 3.8) is 0 Å². The standard InChI is InChI=1S/C25H34N4O4Si/c1-34(2,3)17-16-32-19-28-23-22(10-7-13-26-23)29(24(28)30)21-11-14-27(15-12-21)25(31)33-18-20-8-5-4-6-9-20/h4-10,13,21H,11-12,14-19H2,1-3H3. The predicted octanol–water partition coefficient (Wildman–Crippen LogP) is 4.48. The lowest BCUT2D eigenvalue weighted by Crippen LogP contribution is -2.41. The molecule has 0 unspecified atom stereocenters. The Labute approximate surface area is 201 Å². The molecule has 1 fully saturated rings. The monoisotopic (exact) mass is 482 g/mol. The first-order chi connectivity index (χ1) is 16.3. The third kappa shape index (κ3) is 5.77. The van der Waals surface area contributed by atoms with Gasteiger partial charge in [-0.1, -0.05) is 50.0 Å². The number of rotatable bonds is 8. The minimum atomic E-state index is -1.20. The molecule has 1 amide bonds. The number of pyridine rings is 1. The zero-order chi connectivity index (χ0) is 24.1. The molecular weight excluding hydrogens is 448 g/mol. The third-order valence-corrected chi connectivity index (χ3v) is 7.93. The summed E-state index contributed by atoms with van der Waals surface area (Å²) in [5.41, 5.74) is 2.31. The van der Waals surface area contributed by atoms with Gasteiger partial charge in [0.1, 0.15) is 13.3 Å². The van der Waals surface area contributed by atoms with E-state index in [1.165, 1.54) is 0 Å². The van der Waals surface area contributed by atoms with Gasteiger partial charge in [-0.3, -0.25) is 9.13 Å². The van der Waals surface area contributed by atoms with E-state index in [9.17, 15) is 9.59 Å². The summed E-state index contributed by atoms with van der Waals surface area (Å²) in [6.07, 6.45) is 2.76. The van der Waals surface area contributed by atoms with Crippen molar-refractivity contribution in [3.05, 3.63) is 64.7 Å². The van der Waals surface area contributed by atoms with Gasteiger partial charge in [0.2, 0.25) is 0 Å². The SMILES string of the molecule is C[Si](C)(C)CCOCn1c(=O)n(C2CCN(C(=O)OCc3ccccc3)CC2)c2cccnc21. The maximum atomic E-state index is 13.4. The average molecular weight is 483 g/mol. The fraction of sp³-hybridized carbons (Fsp3) is 0.480. The number of carbonyl (C=O) groups excluding carboxylic acids is 1. The Morgan fingerprint density at radius 2 is 1.82 bits per heavy atom. The van der Waals surface area contributed by atoms with Crippen LogP contribution in [0, 0.1) is 0 Å². The number of piperidine rings is 1. The summed E-state index contributed by atoms with van der Waals surface area (Å²) in [6, 6.07) is 14.5. The van der Waals surface area contributed by atoms with E-state index in [0.29, 0.717) is 38.2 Å². The Kier molecular flexibility index (Phi) is 7.53. The van der Waals surface area contributed by atoms with Gasteiger partial charge < -0.3 is 14.4 Å². The zero-order valence-electron chi connectivity index (χ0n) is 20.3. The minimum absolute atomic E-state index is 0.000561. The summed E-state index contributed by atoms with van der Waals surface area (Å²) in [5, 5.41) is 0. The molecule has 3 aromatic rings. The second kappa shape index (κ2) is 10.6. The van der Waals surface area contributed by atoms with Crippen molar-refractivity contribution in [2.75, 3.05) is 19.7 Å². The van der Waals surface area contributed by atoms with Gasteiger partial charge in [0, 0.05) is 40.0 Å². The second-order valence-corrected chi connectivity index (χ2v) is 15.7. The number of hydrogen-bond donors (Lipinski definition) is 0. The number of aromatic nitrogens is 3. The van der Waals surface area contributed by atoms with Crippen molar-refractivity contribution in [1.29, 1.82) is 0 Å². The molecule has 3 heterocycles. The Balaban J connectivity index is 1.40. The van der Waals surface area contributed by atoms with E-state index in [-0.39, 0.29) is 31.2 Å². The molecule has 1 aliphatic rings. The molecule has 1 saturated heterocycles. The van der Waals surface area contributed by atoms with Crippen LogP contribution in [0.3, 0.4) is 0 Å². The molecule has 2 aromatic heterocycles. The lowest BCUT2D eigenvalue weighted by molar-refractivity contribution is 0.0807. The molecule has 0 bridgehead atoms. The molecule has 34 heavy (non-hydrogen) atoms. The van der Waals surface area contributed by atoms with E-state index in [0.717, 1.165) is 17.1 Å². The number of likely N-dealkylation sites (tertiary alicyclic amines) is 1. The van der Waals surface area contributed by atoms with Crippen LogP contribution < -0.4 is 5.69 Å². The lowest BCUT2D eigenvalue weighted by Gasteiger charge is -2.31. The van der Waals surface area contributed by atoms with Gasteiger partial charge in [0.05, 0.1) is 5.52 Å². The molecule has 1 aliphatic heterocycles. The van der Waals surface area contributed by atoms with Gasteiger partial charge in [0.15, 0.2) is 5.65 Å². The fourth-order valence-electron chi connectivity index (χ4n) is 4.23. The van der Waals surface area contributed by atoms with Crippen LogP contribution in [0.5, 0.6) is 0 Å². The fourth-order valence-corrected chi connectivity index (χ4v) is 4.99. The molecular formula is C25H34N4O4Si. The van der Waals surface area contributed by atoms with Gasteiger partial charge >= 0.3 is 11.8 Å². The summed E-state index contributed by atoms with van der Waals surface area (Å²) < 4.78 is 14.8. The van der Waals surface area contributed by atoms with Crippen molar-refractivity contribution in [3.8, 4) is 0 Å². The van der Waals surface area contributed by atoms with Crippen LogP contribution in [-0.4, -0.2) is 52.9 Å². The van der Waals surface area contributed by atoms with Crippen LogP contribution in [0.4, 0.5) is 4.79 Å². The van der Waals surface area contributed by atoms with Gasteiger partial charge in [-0.05, 0) is 36.6 Å². The summed E-state index contributed by atoms with van der Waals surface area (Å²) >= 11 is 0. The van der Waals surface area contributed by atoms with Gasteiger partial charge in [-0.15, -0.1) is 0 Å². The molecule has 0 atom stereocenters. The lowest BCUT2D eigenvalue weighted by atomic mass is 10.1. The van der Waals surface area contributed by atoms with Crippen molar-refractivity contribution in [2.45, 2.75) is 57.9 Å². The number of nitrogens with zero attached hydrogens (tertiary/aromatic N) is 4. The Bertz CT molecular complexity index is 1160. The quantitative estimate of drug-likeness (QED) is 0.349. The molecule has 0 N–H and O–H groups in total. The van der Waals surface area contributed by atoms with Gasteiger partial charge in [-0.2, -0.15) is 0 Å². The number of amides is 1. The third-order valence-electron chi connectivity index (χ3n) is 6.23. The molecule has 182 valence electrons. The second-order valence-electron chi connectivity index (χ2n) is 10.0. The molecule has 9 heteroatoms. The predicted molar refractivity (Wildman–Crippen MR) is 135 cm³/mol. The highest BCUT2D eigenvalue weighted by atomic mass is 28.3. The smallest absolute Gasteiger partial charge is 0.410 e. The van der Waals surface area contributed by atoms with Crippen LogP contribution in [-0.2, 0) is 22.8 Å². The maximum Gasteiger partial charge on any atom is 0.410 e. The van der Waals surface area contributed by atoms with Gasteiger partial charge in [-0.25, -0.2) is 14.6 Å². The number of imidazole rings is 1. The summed E-state index contributed by atoms with van der Waals surface area (Å²) in [6.45, 7) is 9.11. The molecule has 0 radical (unpaired) electrons. The molecule has 0 saturated carbocycles. The highest BCUT2D eigenvalue weighted by molar-refractivity contribution is 6.76. The Morgan fingerprint density at radius 3 is 2.53 bits per heavy atom. The number of ether oxygens (including phenoxy) is 2. The molecule has 0 aliphatic carbocycles. The Morgan fingerprint density at radius 1 is 1.09 bits per heavy atom. The first kappa shape index (κ1) is 24.2. The van der Waals surface area contributed by atoms with Crippen molar-refractivity contribution >= 4 is 25.3 Å².